The van der Waals surface area contributed by atoms with Crippen LogP contribution in [-0.4, -0.2) is 47.2 Å². The highest BCUT2D eigenvalue weighted by molar-refractivity contribution is 9.10. The summed E-state index contributed by atoms with van der Waals surface area (Å²) in [6.45, 7) is 4.30. The first-order valence-electron chi connectivity index (χ1n) is 10.4. The van der Waals surface area contributed by atoms with E-state index in [0.717, 1.165) is 15.6 Å². The van der Waals surface area contributed by atoms with Crippen LogP contribution in [0.5, 0.6) is 0 Å². The normalized spacial score (nSPS) is 15.4. The fourth-order valence-corrected chi connectivity index (χ4v) is 4.16. The zero-order valence-corrected chi connectivity index (χ0v) is 19.7. The summed E-state index contributed by atoms with van der Waals surface area (Å²) in [6.07, 6.45) is 0.840. The van der Waals surface area contributed by atoms with Gasteiger partial charge in [0, 0.05) is 30.9 Å². The van der Waals surface area contributed by atoms with Gasteiger partial charge < -0.3 is 15.1 Å². The predicted molar refractivity (Wildman–Crippen MR) is 124 cm³/mol. The van der Waals surface area contributed by atoms with Crippen LogP contribution >= 0.6 is 15.9 Å². The van der Waals surface area contributed by atoms with Crippen molar-refractivity contribution in [1.82, 2.24) is 9.80 Å². The summed E-state index contributed by atoms with van der Waals surface area (Å²) >= 11 is 3.40. The van der Waals surface area contributed by atoms with Gasteiger partial charge in [-0.2, -0.15) is 0 Å². The van der Waals surface area contributed by atoms with E-state index in [4.69, 9.17) is 0 Å². The smallest absolute Gasteiger partial charge is 0.245 e. The number of hydrogen-bond acceptors (Lipinski definition) is 3. The highest BCUT2D eigenvalue weighted by Gasteiger charge is 2.36. The summed E-state index contributed by atoms with van der Waals surface area (Å²) in [5.41, 5.74) is 2.78. The van der Waals surface area contributed by atoms with Crippen molar-refractivity contribution in [1.29, 1.82) is 0 Å². The van der Waals surface area contributed by atoms with Gasteiger partial charge in [-0.1, -0.05) is 50.2 Å². The first-order valence-corrected chi connectivity index (χ1v) is 11.2. The Hall–Kier alpha value is -2.67. The van der Waals surface area contributed by atoms with Crippen LogP contribution in [0.2, 0.25) is 0 Å². The molecule has 0 aromatic heterocycles. The first kappa shape index (κ1) is 23.0. The molecule has 1 N–H and O–H groups in total. The second kappa shape index (κ2) is 10.1. The number of likely N-dealkylation sites (N-methyl/N-ethyl adjacent to an activating group) is 1. The number of anilines is 1. The van der Waals surface area contributed by atoms with Crippen LogP contribution in [0.15, 0.2) is 53.0 Å². The molecule has 1 aliphatic rings. The highest BCUT2D eigenvalue weighted by atomic mass is 79.9. The summed E-state index contributed by atoms with van der Waals surface area (Å²) in [6, 6.07) is 14.6. The van der Waals surface area contributed by atoms with Gasteiger partial charge in [-0.05, 0) is 45.1 Å². The van der Waals surface area contributed by atoms with Crippen LogP contribution in [0.25, 0.3) is 0 Å². The van der Waals surface area contributed by atoms with Gasteiger partial charge in [0.2, 0.25) is 17.7 Å². The highest BCUT2D eigenvalue weighted by Crippen LogP contribution is 2.26. The number of nitrogens with zero attached hydrogens (tertiary/aromatic N) is 2. The monoisotopic (exact) mass is 485 g/mol. The van der Waals surface area contributed by atoms with E-state index in [1.54, 1.807) is 18.0 Å². The van der Waals surface area contributed by atoms with E-state index in [-0.39, 0.29) is 30.2 Å². The average Bonchev–Trinajstić information content (AvgIpc) is 2.73. The Morgan fingerprint density at radius 2 is 1.74 bits per heavy atom. The molecule has 0 saturated carbocycles. The first-order chi connectivity index (χ1) is 14.8. The molecule has 31 heavy (non-hydrogen) atoms. The number of rotatable bonds is 6. The van der Waals surface area contributed by atoms with Gasteiger partial charge >= 0.3 is 0 Å². The zero-order chi connectivity index (χ0) is 22.5. The van der Waals surface area contributed by atoms with E-state index < -0.39 is 6.04 Å². The van der Waals surface area contributed by atoms with Crippen molar-refractivity contribution in [3.63, 3.8) is 0 Å². The molecule has 6 nitrogen and oxygen atoms in total. The Morgan fingerprint density at radius 1 is 1.10 bits per heavy atom. The molecule has 7 heteroatoms. The lowest BCUT2D eigenvalue weighted by Crippen LogP contribution is -2.54. The van der Waals surface area contributed by atoms with Gasteiger partial charge in [0.15, 0.2) is 0 Å². The van der Waals surface area contributed by atoms with Crippen LogP contribution < -0.4 is 5.32 Å². The van der Waals surface area contributed by atoms with E-state index in [0.29, 0.717) is 25.1 Å². The van der Waals surface area contributed by atoms with Gasteiger partial charge in [-0.3, -0.25) is 14.4 Å². The number of hydrogen-bond donors (Lipinski definition) is 1. The summed E-state index contributed by atoms with van der Waals surface area (Å²) < 4.78 is 0.770. The SMILES string of the molecule is CC(C)CC(=O)N1Cc2ccccc2CC1C(=O)N(C)CC(=O)Nc1ccccc1Br. The van der Waals surface area contributed by atoms with Gasteiger partial charge in [-0.15, -0.1) is 0 Å². The average molecular weight is 486 g/mol. The lowest BCUT2D eigenvalue weighted by Gasteiger charge is -2.38. The molecular weight excluding hydrogens is 458 g/mol. The second-order valence-corrected chi connectivity index (χ2v) is 9.18. The van der Waals surface area contributed by atoms with Crippen molar-refractivity contribution in [3.8, 4) is 0 Å². The predicted octanol–water partition coefficient (Wildman–Crippen LogP) is 3.85. The van der Waals surface area contributed by atoms with E-state index >= 15 is 0 Å². The van der Waals surface area contributed by atoms with Crippen molar-refractivity contribution in [2.75, 3.05) is 18.9 Å². The molecule has 164 valence electrons. The Kier molecular flexibility index (Phi) is 7.49. The van der Waals surface area contributed by atoms with E-state index in [1.165, 1.54) is 4.90 Å². The Morgan fingerprint density at radius 3 is 2.42 bits per heavy atom. The third kappa shape index (κ3) is 5.73. The lowest BCUT2D eigenvalue weighted by atomic mass is 9.92. The number of fused-ring (bicyclic) bond motifs is 1. The molecule has 0 saturated heterocycles. The fraction of sp³-hybridized carbons (Fsp3) is 0.375. The van der Waals surface area contributed by atoms with Gasteiger partial charge in [0.1, 0.15) is 6.04 Å². The molecular formula is C24H28BrN3O3. The molecule has 3 rings (SSSR count). The fourth-order valence-electron chi connectivity index (χ4n) is 3.77. The second-order valence-electron chi connectivity index (χ2n) is 8.33. The molecule has 1 heterocycles. The quantitative estimate of drug-likeness (QED) is 0.675. The van der Waals surface area contributed by atoms with Crippen LogP contribution in [-0.2, 0) is 27.3 Å². The maximum atomic E-state index is 13.3. The summed E-state index contributed by atoms with van der Waals surface area (Å²) in [5, 5.41) is 2.81. The third-order valence-corrected chi connectivity index (χ3v) is 6.03. The number of halogens is 1. The number of carbonyl (C=O) groups excluding carboxylic acids is 3. The molecule has 1 aliphatic heterocycles. The molecule has 0 radical (unpaired) electrons. The third-order valence-electron chi connectivity index (χ3n) is 5.34. The van der Waals surface area contributed by atoms with Crippen LogP contribution in [0.4, 0.5) is 5.69 Å². The standard InChI is InChI=1S/C24H28BrN3O3/c1-16(2)12-23(30)28-14-18-9-5-4-8-17(18)13-21(28)24(31)27(3)15-22(29)26-20-11-7-6-10-19(20)25/h4-11,16,21H,12-15H2,1-3H3,(H,26,29). The van der Waals surface area contributed by atoms with E-state index in [2.05, 4.69) is 21.2 Å². The Labute approximate surface area is 191 Å². The molecule has 2 aromatic rings. The largest absolute Gasteiger partial charge is 0.335 e. The molecule has 3 amide bonds. The van der Waals surface area contributed by atoms with Crippen LogP contribution in [0.3, 0.4) is 0 Å². The summed E-state index contributed by atoms with van der Waals surface area (Å²) in [5.74, 6) is -0.352. The van der Waals surface area contributed by atoms with Gasteiger partial charge in [0.25, 0.3) is 0 Å². The topological polar surface area (TPSA) is 69.7 Å². The number of carbonyl (C=O) groups is 3. The van der Waals surface area contributed by atoms with Gasteiger partial charge in [0.05, 0.1) is 12.2 Å². The van der Waals surface area contributed by atoms with Crippen molar-refractivity contribution in [2.45, 2.75) is 39.3 Å². The number of para-hydroxylation sites is 1. The lowest BCUT2D eigenvalue weighted by molar-refractivity contribution is -0.147. The Bertz CT molecular complexity index is 976. The number of benzene rings is 2. The van der Waals surface area contributed by atoms with Crippen molar-refractivity contribution in [3.05, 3.63) is 64.1 Å². The minimum atomic E-state index is -0.609. The van der Waals surface area contributed by atoms with Crippen LogP contribution in [0.1, 0.15) is 31.4 Å². The molecule has 2 aromatic carbocycles. The molecule has 0 spiro atoms. The maximum absolute atomic E-state index is 13.3. The zero-order valence-electron chi connectivity index (χ0n) is 18.1. The molecule has 0 fully saturated rings. The molecule has 1 unspecified atom stereocenters. The van der Waals surface area contributed by atoms with Crippen molar-refractivity contribution in [2.24, 2.45) is 5.92 Å². The molecule has 0 aliphatic carbocycles. The van der Waals surface area contributed by atoms with E-state index in [9.17, 15) is 14.4 Å². The molecule has 1 atom stereocenters. The van der Waals surface area contributed by atoms with Crippen molar-refractivity contribution >= 4 is 39.3 Å². The minimum absolute atomic E-state index is 0.0334. The molecule has 0 bridgehead atoms. The number of nitrogens with one attached hydrogen (secondary N) is 1. The van der Waals surface area contributed by atoms with Crippen LogP contribution in [0, 0.1) is 5.92 Å². The van der Waals surface area contributed by atoms with Gasteiger partial charge in [-0.25, -0.2) is 0 Å². The maximum Gasteiger partial charge on any atom is 0.245 e. The van der Waals surface area contributed by atoms with E-state index in [1.807, 2.05) is 56.3 Å². The number of amides is 3. The Balaban J connectivity index is 1.74. The summed E-state index contributed by atoms with van der Waals surface area (Å²) in [4.78, 5) is 41.8. The summed E-state index contributed by atoms with van der Waals surface area (Å²) in [7, 11) is 1.60. The minimum Gasteiger partial charge on any atom is -0.335 e. The van der Waals surface area contributed by atoms with Crippen molar-refractivity contribution < 1.29 is 14.4 Å².